The number of carbonyl (C=O) groups excluding carboxylic acids is 1. The monoisotopic (exact) mass is 384 g/mol. The van der Waals surface area contributed by atoms with Crippen LogP contribution in [0.5, 0.6) is 0 Å². The predicted octanol–water partition coefficient (Wildman–Crippen LogP) is 2.97. The van der Waals surface area contributed by atoms with Gasteiger partial charge in [-0.15, -0.1) is 0 Å². The zero-order valence-corrected chi connectivity index (χ0v) is 18.4. The topological polar surface area (TPSA) is 70.1 Å². The lowest BCUT2D eigenvalue weighted by Crippen LogP contribution is -2.43. The molecule has 0 aromatic heterocycles. The maximum atomic E-state index is 11.6. The van der Waals surface area contributed by atoms with E-state index in [1.165, 1.54) is 13.5 Å². The van der Waals surface area contributed by atoms with E-state index < -0.39 is 11.4 Å². The normalized spacial score (nSPS) is 25.3. The van der Waals surface area contributed by atoms with Crippen molar-refractivity contribution < 1.29 is 19.4 Å². The number of aliphatic carboxylic acids is 1. The second-order valence-corrected chi connectivity index (χ2v) is 9.44. The minimum absolute atomic E-state index is 0.0854. The Hall–Kier alpha value is -1.14. The molecule has 27 heavy (non-hydrogen) atoms. The summed E-state index contributed by atoms with van der Waals surface area (Å²) in [7, 11) is 5.64. The van der Waals surface area contributed by atoms with Crippen molar-refractivity contribution in [2.75, 3.05) is 47.4 Å². The number of nitrogens with zero attached hydrogens (tertiary/aromatic N) is 2. The van der Waals surface area contributed by atoms with Gasteiger partial charge in [0.15, 0.2) is 0 Å². The SMILES string of the molecule is CN1CCC[C@H](C(C)(C)C(=O)O)C1.COC(=O)C(C)(C)[C@H]1CCCN(C)C1. The standard InChI is InChI=1S/C11H21NO2.C10H19NO2/c1-11(2,10(13)14-4)9-6-5-7-12(3)8-9;1-10(2,9(12)13)8-5-4-6-11(3)7-8/h9H,5-8H2,1-4H3;8H,4-7H2,1-3H3,(H,12,13)/t9-;8-/m00/s1. The van der Waals surface area contributed by atoms with Crippen molar-refractivity contribution in [1.29, 1.82) is 0 Å². The van der Waals surface area contributed by atoms with E-state index in [0.717, 1.165) is 45.4 Å². The molecule has 2 aliphatic heterocycles. The number of hydrogen-bond donors (Lipinski definition) is 1. The van der Waals surface area contributed by atoms with Gasteiger partial charge < -0.3 is 19.6 Å². The molecule has 2 aliphatic rings. The van der Waals surface area contributed by atoms with E-state index in [1.54, 1.807) is 0 Å². The van der Waals surface area contributed by atoms with Crippen LogP contribution < -0.4 is 0 Å². The van der Waals surface area contributed by atoms with Gasteiger partial charge in [-0.05, 0) is 92.4 Å². The summed E-state index contributed by atoms with van der Waals surface area (Å²) in [5.41, 5.74) is -0.919. The van der Waals surface area contributed by atoms with Gasteiger partial charge in [0.2, 0.25) is 0 Å². The zero-order valence-electron chi connectivity index (χ0n) is 18.4. The van der Waals surface area contributed by atoms with Crippen molar-refractivity contribution in [2.24, 2.45) is 22.7 Å². The number of carbonyl (C=O) groups is 2. The number of rotatable bonds is 4. The van der Waals surface area contributed by atoms with Crippen LogP contribution in [0.15, 0.2) is 0 Å². The zero-order chi connectivity index (χ0) is 20.8. The fourth-order valence-corrected chi connectivity index (χ4v) is 4.12. The molecule has 0 radical (unpaired) electrons. The second-order valence-electron chi connectivity index (χ2n) is 9.44. The fraction of sp³-hybridized carbons (Fsp3) is 0.905. The Morgan fingerprint density at radius 2 is 1.30 bits per heavy atom. The van der Waals surface area contributed by atoms with Gasteiger partial charge in [0.1, 0.15) is 0 Å². The first kappa shape index (κ1) is 23.9. The van der Waals surface area contributed by atoms with Gasteiger partial charge in [-0.2, -0.15) is 0 Å². The predicted molar refractivity (Wildman–Crippen MR) is 108 cm³/mol. The summed E-state index contributed by atoms with van der Waals surface area (Å²) in [4.78, 5) is 27.1. The summed E-state index contributed by atoms with van der Waals surface area (Å²) >= 11 is 0. The van der Waals surface area contributed by atoms with Crippen molar-refractivity contribution in [1.82, 2.24) is 9.80 Å². The molecular weight excluding hydrogens is 344 g/mol. The van der Waals surface area contributed by atoms with Crippen LogP contribution in [-0.4, -0.2) is 74.2 Å². The summed E-state index contributed by atoms with van der Waals surface area (Å²) in [5, 5.41) is 9.06. The summed E-state index contributed by atoms with van der Waals surface area (Å²) in [6, 6.07) is 0. The molecule has 0 bridgehead atoms. The third-order valence-corrected chi connectivity index (χ3v) is 6.55. The van der Waals surface area contributed by atoms with Crippen LogP contribution in [0.3, 0.4) is 0 Å². The molecule has 158 valence electrons. The molecule has 2 heterocycles. The molecule has 2 saturated heterocycles. The van der Waals surface area contributed by atoms with Gasteiger partial charge in [0, 0.05) is 13.1 Å². The summed E-state index contributed by atoms with van der Waals surface area (Å²) in [6.45, 7) is 11.8. The molecule has 0 spiro atoms. The lowest BCUT2D eigenvalue weighted by atomic mass is 9.74. The molecule has 6 heteroatoms. The number of methoxy groups -OCH3 is 1. The van der Waals surface area contributed by atoms with Crippen molar-refractivity contribution in [2.45, 2.75) is 53.4 Å². The molecule has 2 rings (SSSR count). The molecule has 2 atom stereocenters. The number of hydrogen-bond acceptors (Lipinski definition) is 5. The van der Waals surface area contributed by atoms with Gasteiger partial charge >= 0.3 is 11.9 Å². The van der Waals surface area contributed by atoms with Crippen LogP contribution in [0.25, 0.3) is 0 Å². The minimum Gasteiger partial charge on any atom is -0.481 e. The molecule has 6 nitrogen and oxygen atoms in total. The highest BCUT2D eigenvalue weighted by Gasteiger charge is 2.39. The molecule has 1 N–H and O–H groups in total. The average Bonchev–Trinajstić information content (AvgIpc) is 2.61. The lowest BCUT2D eigenvalue weighted by molar-refractivity contribution is -0.155. The Morgan fingerprint density at radius 1 is 0.889 bits per heavy atom. The van der Waals surface area contributed by atoms with Gasteiger partial charge in [-0.3, -0.25) is 9.59 Å². The highest BCUT2D eigenvalue weighted by atomic mass is 16.5. The number of piperidine rings is 2. The summed E-state index contributed by atoms with van der Waals surface area (Å²) in [5.74, 6) is -0.0388. The van der Waals surface area contributed by atoms with Crippen LogP contribution in [-0.2, 0) is 14.3 Å². The Bertz CT molecular complexity index is 504. The van der Waals surface area contributed by atoms with E-state index in [9.17, 15) is 9.59 Å². The fourth-order valence-electron chi connectivity index (χ4n) is 4.12. The highest BCUT2D eigenvalue weighted by molar-refractivity contribution is 5.76. The van der Waals surface area contributed by atoms with Gasteiger partial charge in [0.05, 0.1) is 17.9 Å². The molecule has 0 aliphatic carbocycles. The number of carboxylic acids is 1. The van der Waals surface area contributed by atoms with Gasteiger partial charge in [-0.25, -0.2) is 0 Å². The molecule has 0 aromatic carbocycles. The van der Waals surface area contributed by atoms with Crippen molar-refractivity contribution in [3.63, 3.8) is 0 Å². The quantitative estimate of drug-likeness (QED) is 0.752. The lowest BCUT2D eigenvalue weighted by Gasteiger charge is -2.38. The van der Waals surface area contributed by atoms with Crippen LogP contribution in [0.4, 0.5) is 0 Å². The summed E-state index contributed by atoms with van der Waals surface area (Å²) in [6.07, 6.45) is 4.48. The average molecular weight is 385 g/mol. The van der Waals surface area contributed by atoms with E-state index in [-0.39, 0.29) is 11.4 Å². The summed E-state index contributed by atoms with van der Waals surface area (Å²) < 4.78 is 4.85. The molecular formula is C21H40N2O4. The van der Waals surface area contributed by atoms with Gasteiger partial charge in [0.25, 0.3) is 0 Å². The van der Waals surface area contributed by atoms with Crippen molar-refractivity contribution in [3.05, 3.63) is 0 Å². The van der Waals surface area contributed by atoms with Crippen molar-refractivity contribution >= 4 is 11.9 Å². The number of esters is 1. The number of ether oxygens (including phenoxy) is 1. The first-order valence-corrected chi connectivity index (χ1v) is 10.1. The molecule has 0 unspecified atom stereocenters. The Kier molecular flexibility index (Phi) is 8.74. The number of carboxylic acid groups (broad SMARTS) is 1. The first-order chi connectivity index (χ1) is 12.4. The minimum atomic E-state index is -0.673. The Labute approximate surface area is 165 Å². The van der Waals surface area contributed by atoms with Crippen molar-refractivity contribution in [3.8, 4) is 0 Å². The third kappa shape index (κ3) is 6.46. The first-order valence-electron chi connectivity index (χ1n) is 10.1. The van der Waals surface area contributed by atoms with Crippen LogP contribution in [0, 0.1) is 22.7 Å². The van der Waals surface area contributed by atoms with Gasteiger partial charge in [-0.1, -0.05) is 0 Å². The molecule has 0 saturated carbocycles. The second kappa shape index (κ2) is 9.87. The Balaban J connectivity index is 0.000000271. The van der Waals surface area contributed by atoms with E-state index in [1.807, 2.05) is 27.7 Å². The van der Waals surface area contributed by atoms with Crippen LogP contribution in [0.1, 0.15) is 53.4 Å². The maximum absolute atomic E-state index is 11.6. The smallest absolute Gasteiger partial charge is 0.311 e. The van der Waals surface area contributed by atoms with E-state index in [2.05, 4.69) is 23.9 Å². The third-order valence-electron chi connectivity index (χ3n) is 6.55. The van der Waals surface area contributed by atoms with E-state index >= 15 is 0 Å². The molecule has 2 fully saturated rings. The van der Waals surface area contributed by atoms with Crippen LogP contribution >= 0.6 is 0 Å². The Morgan fingerprint density at radius 3 is 1.63 bits per heavy atom. The molecule has 0 amide bonds. The van der Waals surface area contributed by atoms with E-state index in [4.69, 9.17) is 9.84 Å². The van der Waals surface area contributed by atoms with Crippen LogP contribution in [0.2, 0.25) is 0 Å². The maximum Gasteiger partial charge on any atom is 0.311 e. The molecule has 0 aromatic rings. The largest absolute Gasteiger partial charge is 0.481 e. The van der Waals surface area contributed by atoms with E-state index in [0.29, 0.717) is 11.8 Å². The highest BCUT2D eigenvalue weighted by Crippen LogP contribution is 2.35. The number of likely N-dealkylation sites (tertiary alicyclic amines) is 2.